The van der Waals surface area contributed by atoms with E-state index in [0.29, 0.717) is 5.54 Å². The molecule has 0 aromatic heterocycles. The molecule has 0 aliphatic heterocycles. The zero-order valence-electron chi connectivity index (χ0n) is 9.81. The lowest BCUT2D eigenvalue weighted by Gasteiger charge is -2.27. The van der Waals surface area contributed by atoms with E-state index in [9.17, 15) is 0 Å². The van der Waals surface area contributed by atoms with Crippen LogP contribution in [0.5, 0.6) is 0 Å². The van der Waals surface area contributed by atoms with Gasteiger partial charge in [0.2, 0.25) is 0 Å². The average molecular weight is 195 g/mol. The summed E-state index contributed by atoms with van der Waals surface area (Å²) in [6.45, 7) is 4.74. The monoisotopic (exact) mass is 195 g/mol. The lowest BCUT2D eigenvalue weighted by Crippen LogP contribution is -2.43. The second-order valence-corrected chi connectivity index (χ2v) is 5.64. The highest BCUT2D eigenvalue weighted by atomic mass is 15.1. The Bertz CT molecular complexity index is 174. The molecular formula is C13H25N. The molecule has 0 amide bonds. The summed E-state index contributed by atoms with van der Waals surface area (Å²) in [6, 6.07) is 0.836. The molecule has 1 nitrogen and oxygen atoms in total. The van der Waals surface area contributed by atoms with Crippen LogP contribution in [0, 0.1) is 5.92 Å². The summed E-state index contributed by atoms with van der Waals surface area (Å²) < 4.78 is 0. The first-order valence-corrected chi connectivity index (χ1v) is 6.51. The number of nitrogens with one attached hydrogen (secondary N) is 1. The van der Waals surface area contributed by atoms with Gasteiger partial charge in [-0.25, -0.2) is 0 Å². The SMILES string of the molecule is CC(C)C1(NC2CCCCCC2)CC1. The summed E-state index contributed by atoms with van der Waals surface area (Å²) in [5.74, 6) is 0.825. The standard InChI is InChI=1S/C13H25N/c1-11(2)13(9-10-13)14-12-7-5-3-4-6-8-12/h11-12,14H,3-10H2,1-2H3. The Morgan fingerprint density at radius 1 is 1.00 bits per heavy atom. The topological polar surface area (TPSA) is 12.0 Å². The molecule has 14 heavy (non-hydrogen) atoms. The van der Waals surface area contributed by atoms with Gasteiger partial charge in [-0.15, -0.1) is 0 Å². The second kappa shape index (κ2) is 4.22. The average Bonchev–Trinajstić information content (AvgIpc) is 2.91. The molecule has 2 aliphatic carbocycles. The lowest BCUT2D eigenvalue weighted by atomic mass is 9.98. The molecule has 2 rings (SSSR count). The molecule has 0 unspecified atom stereocenters. The van der Waals surface area contributed by atoms with Crippen molar-refractivity contribution < 1.29 is 0 Å². The minimum atomic E-state index is 0.551. The second-order valence-electron chi connectivity index (χ2n) is 5.64. The number of rotatable bonds is 3. The Morgan fingerprint density at radius 3 is 2.00 bits per heavy atom. The van der Waals surface area contributed by atoms with Crippen molar-refractivity contribution in [1.82, 2.24) is 5.32 Å². The molecular weight excluding hydrogens is 170 g/mol. The lowest BCUT2D eigenvalue weighted by molar-refractivity contribution is 0.313. The molecule has 0 radical (unpaired) electrons. The molecule has 0 atom stereocenters. The van der Waals surface area contributed by atoms with Gasteiger partial charge in [-0.2, -0.15) is 0 Å². The van der Waals surface area contributed by atoms with E-state index < -0.39 is 0 Å². The summed E-state index contributed by atoms with van der Waals surface area (Å²) in [7, 11) is 0. The van der Waals surface area contributed by atoms with Crippen LogP contribution in [0.3, 0.4) is 0 Å². The highest BCUT2D eigenvalue weighted by molar-refractivity contribution is 5.05. The molecule has 2 saturated carbocycles. The van der Waals surface area contributed by atoms with E-state index in [1.807, 2.05) is 0 Å². The molecule has 0 heterocycles. The molecule has 0 aromatic carbocycles. The highest BCUT2D eigenvalue weighted by Crippen LogP contribution is 2.43. The fourth-order valence-electron chi connectivity index (χ4n) is 2.85. The van der Waals surface area contributed by atoms with Crippen molar-refractivity contribution in [3.8, 4) is 0 Å². The first-order valence-electron chi connectivity index (χ1n) is 6.51. The van der Waals surface area contributed by atoms with Gasteiger partial charge >= 0.3 is 0 Å². The van der Waals surface area contributed by atoms with Crippen LogP contribution in [0.4, 0.5) is 0 Å². The first-order chi connectivity index (χ1) is 6.73. The van der Waals surface area contributed by atoms with Crippen LogP contribution in [0.15, 0.2) is 0 Å². The molecule has 0 saturated heterocycles. The Hall–Kier alpha value is -0.0400. The van der Waals surface area contributed by atoms with Gasteiger partial charge in [0.15, 0.2) is 0 Å². The van der Waals surface area contributed by atoms with Crippen molar-refractivity contribution in [3.05, 3.63) is 0 Å². The molecule has 0 aromatic rings. The van der Waals surface area contributed by atoms with Gasteiger partial charge in [0, 0.05) is 11.6 Å². The van der Waals surface area contributed by atoms with Gasteiger partial charge in [-0.05, 0) is 31.6 Å². The highest BCUT2D eigenvalue weighted by Gasteiger charge is 2.46. The fraction of sp³-hybridized carbons (Fsp3) is 1.00. The maximum Gasteiger partial charge on any atom is 0.0208 e. The number of hydrogen-bond donors (Lipinski definition) is 1. The van der Waals surface area contributed by atoms with Crippen LogP contribution in [0.25, 0.3) is 0 Å². The zero-order valence-corrected chi connectivity index (χ0v) is 9.81. The number of hydrogen-bond acceptors (Lipinski definition) is 1. The van der Waals surface area contributed by atoms with E-state index in [4.69, 9.17) is 0 Å². The van der Waals surface area contributed by atoms with Crippen molar-refractivity contribution in [2.24, 2.45) is 5.92 Å². The van der Waals surface area contributed by atoms with Gasteiger partial charge in [0.25, 0.3) is 0 Å². The molecule has 2 aliphatic rings. The predicted octanol–water partition coefficient (Wildman–Crippen LogP) is 3.49. The molecule has 0 bridgehead atoms. The van der Waals surface area contributed by atoms with Gasteiger partial charge in [-0.3, -0.25) is 0 Å². The van der Waals surface area contributed by atoms with Crippen molar-refractivity contribution in [3.63, 3.8) is 0 Å². The Balaban J connectivity index is 1.83. The normalized spacial score (nSPS) is 27.6. The van der Waals surface area contributed by atoms with E-state index in [1.54, 1.807) is 0 Å². The zero-order chi connectivity index (χ0) is 10.0. The van der Waals surface area contributed by atoms with E-state index in [2.05, 4.69) is 19.2 Å². The van der Waals surface area contributed by atoms with Crippen LogP contribution >= 0.6 is 0 Å². The van der Waals surface area contributed by atoms with Crippen molar-refractivity contribution >= 4 is 0 Å². The van der Waals surface area contributed by atoms with E-state index in [1.165, 1.54) is 51.4 Å². The van der Waals surface area contributed by atoms with Gasteiger partial charge in [0.1, 0.15) is 0 Å². The molecule has 1 N–H and O–H groups in total. The van der Waals surface area contributed by atoms with Gasteiger partial charge < -0.3 is 5.32 Å². The third-order valence-corrected chi connectivity index (χ3v) is 4.24. The van der Waals surface area contributed by atoms with Crippen molar-refractivity contribution in [2.75, 3.05) is 0 Å². The van der Waals surface area contributed by atoms with Crippen molar-refractivity contribution in [2.45, 2.75) is 76.8 Å². The molecule has 0 spiro atoms. The van der Waals surface area contributed by atoms with Crippen LogP contribution in [-0.4, -0.2) is 11.6 Å². The minimum absolute atomic E-state index is 0.551. The van der Waals surface area contributed by atoms with Crippen LogP contribution in [0.1, 0.15) is 65.2 Å². The third-order valence-electron chi connectivity index (χ3n) is 4.24. The summed E-state index contributed by atoms with van der Waals surface area (Å²) >= 11 is 0. The first kappa shape index (κ1) is 10.5. The van der Waals surface area contributed by atoms with Gasteiger partial charge in [0.05, 0.1) is 0 Å². The smallest absolute Gasteiger partial charge is 0.0208 e. The summed E-state index contributed by atoms with van der Waals surface area (Å²) in [5.41, 5.74) is 0.551. The van der Waals surface area contributed by atoms with E-state index >= 15 is 0 Å². The minimum Gasteiger partial charge on any atom is -0.308 e. The molecule has 82 valence electrons. The summed E-state index contributed by atoms with van der Waals surface area (Å²) in [5, 5.41) is 3.95. The predicted molar refractivity (Wildman–Crippen MR) is 61.4 cm³/mol. The maximum absolute atomic E-state index is 3.95. The Labute approximate surface area is 88.7 Å². The van der Waals surface area contributed by atoms with Crippen LogP contribution in [-0.2, 0) is 0 Å². The maximum atomic E-state index is 3.95. The van der Waals surface area contributed by atoms with E-state index in [0.717, 1.165) is 12.0 Å². The fourth-order valence-corrected chi connectivity index (χ4v) is 2.85. The third kappa shape index (κ3) is 2.31. The molecule has 2 fully saturated rings. The Morgan fingerprint density at radius 2 is 1.57 bits per heavy atom. The van der Waals surface area contributed by atoms with Crippen LogP contribution < -0.4 is 5.32 Å². The van der Waals surface area contributed by atoms with E-state index in [-0.39, 0.29) is 0 Å². The van der Waals surface area contributed by atoms with Crippen molar-refractivity contribution in [1.29, 1.82) is 0 Å². The van der Waals surface area contributed by atoms with Crippen LogP contribution in [0.2, 0.25) is 0 Å². The quantitative estimate of drug-likeness (QED) is 0.680. The Kier molecular flexibility index (Phi) is 3.16. The molecule has 1 heteroatoms. The summed E-state index contributed by atoms with van der Waals surface area (Å²) in [6.07, 6.45) is 11.5. The van der Waals surface area contributed by atoms with Gasteiger partial charge in [-0.1, -0.05) is 39.5 Å². The largest absolute Gasteiger partial charge is 0.308 e. The summed E-state index contributed by atoms with van der Waals surface area (Å²) in [4.78, 5) is 0.